The minimum Gasteiger partial charge on any atom is -0.475 e. The molecule has 0 bridgehead atoms. The number of hydrogen-bond acceptors (Lipinski definition) is 6. The lowest BCUT2D eigenvalue weighted by Crippen LogP contribution is -2.29. The van der Waals surface area contributed by atoms with Gasteiger partial charge in [0, 0.05) is 20.3 Å². The van der Waals surface area contributed by atoms with E-state index in [1.54, 1.807) is 7.05 Å². The normalized spacial score (nSPS) is 11.7. The molecular weight excluding hydrogens is 369 g/mol. The molecule has 0 unspecified atom stereocenters. The fraction of sp³-hybridized carbons (Fsp3) is 0.333. The number of halogens is 3. The van der Waals surface area contributed by atoms with E-state index < -0.39 is 28.9 Å². The van der Waals surface area contributed by atoms with E-state index in [2.05, 4.69) is 20.3 Å². The first-order valence-corrected chi connectivity index (χ1v) is 7.74. The molecule has 0 fully saturated rings. The maximum atomic E-state index is 12.9. The van der Waals surface area contributed by atoms with Crippen molar-refractivity contribution < 1.29 is 17.9 Å². The smallest absolute Gasteiger partial charge is 0.421 e. The molecule has 3 aromatic heterocycles. The van der Waals surface area contributed by atoms with Crippen LogP contribution in [0.5, 0.6) is 5.88 Å². The van der Waals surface area contributed by atoms with Crippen LogP contribution in [0.15, 0.2) is 27.9 Å². The van der Waals surface area contributed by atoms with Gasteiger partial charge in [0.1, 0.15) is 12.2 Å². The number of pyridine rings is 1. The zero-order valence-electron chi connectivity index (χ0n) is 14.3. The lowest BCUT2D eigenvalue weighted by atomic mass is 10.2. The van der Waals surface area contributed by atoms with Gasteiger partial charge < -0.3 is 14.6 Å². The molecule has 0 aliphatic rings. The van der Waals surface area contributed by atoms with Crippen LogP contribution in [0.2, 0.25) is 0 Å². The minimum atomic E-state index is -4.57. The number of fused-ring (bicyclic) bond motifs is 1. The number of ether oxygens (including phenoxy) is 1. The summed E-state index contributed by atoms with van der Waals surface area (Å²) < 4.78 is 46.4. The fourth-order valence-electron chi connectivity index (χ4n) is 2.50. The molecule has 12 heteroatoms. The molecule has 0 aliphatic heterocycles. The quantitative estimate of drug-likeness (QED) is 0.632. The Morgan fingerprint density at radius 1 is 1.26 bits per heavy atom. The van der Waals surface area contributed by atoms with Gasteiger partial charge in [-0.05, 0) is 12.1 Å². The second-order valence-corrected chi connectivity index (χ2v) is 5.61. The Morgan fingerprint density at radius 2 is 2.00 bits per heavy atom. The Bertz CT molecular complexity index is 1100. The Balaban J connectivity index is 1.73. The highest BCUT2D eigenvalue weighted by Gasteiger charge is 2.35. The Labute approximate surface area is 149 Å². The lowest BCUT2D eigenvalue weighted by molar-refractivity contribution is -0.139. The van der Waals surface area contributed by atoms with Gasteiger partial charge in [0.15, 0.2) is 11.2 Å². The summed E-state index contributed by atoms with van der Waals surface area (Å²) in [5.41, 5.74) is -1.79. The average molecular weight is 384 g/mol. The van der Waals surface area contributed by atoms with Crippen LogP contribution in [0.3, 0.4) is 0 Å². The van der Waals surface area contributed by atoms with E-state index in [0.717, 1.165) is 6.07 Å². The molecule has 27 heavy (non-hydrogen) atoms. The van der Waals surface area contributed by atoms with Gasteiger partial charge in [0.05, 0.1) is 6.54 Å². The highest BCUT2D eigenvalue weighted by Crippen LogP contribution is 2.34. The third-order valence-electron chi connectivity index (χ3n) is 3.84. The zero-order chi connectivity index (χ0) is 19.8. The monoisotopic (exact) mass is 384 g/mol. The zero-order valence-corrected chi connectivity index (χ0v) is 14.3. The van der Waals surface area contributed by atoms with Crippen molar-refractivity contribution in [2.45, 2.75) is 6.18 Å². The van der Waals surface area contributed by atoms with Crippen molar-refractivity contribution in [3.63, 3.8) is 0 Å². The van der Waals surface area contributed by atoms with Gasteiger partial charge in [-0.2, -0.15) is 18.2 Å². The third kappa shape index (κ3) is 3.50. The van der Waals surface area contributed by atoms with Gasteiger partial charge in [0.25, 0.3) is 5.56 Å². The summed E-state index contributed by atoms with van der Waals surface area (Å²) in [5.74, 6) is -0.256. The fourth-order valence-corrected chi connectivity index (χ4v) is 2.50. The molecule has 0 aromatic carbocycles. The second kappa shape index (κ2) is 6.78. The summed E-state index contributed by atoms with van der Waals surface area (Å²) in [6, 6.07) is 2.06. The number of anilines is 1. The minimum absolute atomic E-state index is 0.0941. The van der Waals surface area contributed by atoms with Crippen molar-refractivity contribution in [3.05, 3.63) is 44.7 Å². The van der Waals surface area contributed by atoms with Gasteiger partial charge in [-0.1, -0.05) is 0 Å². The third-order valence-corrected chi connectivity index (χ3v) is 3.84. The van der Waals surface area contributed by atoms with Crippen molar-refractivity contribution in [2.24, 2.45) is 14.1 Å². The number of aromatic nitrogens is 5. The molecule has 2 N–H and O–H groups in total. The molecule has 144 valence electrons. The summed E-state index contributed by atoms with van der Waals surface area (Å²) in [5, 5.41) is 2.85. The molecule has 0 amide bonds. The lowest BCUT2D eigenvalue weighted by Gasteiger charge is -2.12. The highest BCUT2D eigenvalue weighted by molar-refractivity contribution is 5.73. The predicted octanol–water partition coefficient (Wildman–Crippen LogP) is 0.865. The number of hydrogen-bond donors (Lipinski definition) is 2. The van der Waals surface area contributed by atoms with Gasteiger partial charge >= 0.3 is 11.9 Å². The van der Waals surface area contributed by atoms with E-state index >= 15 is 0 Å². The second-order valence-electron chi connectivity index (χ2n) is 5.61. The Kier molecular flexibility index (Phi) is 4.64. The molecule has 3 heterocycles. The average Bonchev–Trinajstić information content (AvgIpc) is 2.93. The van der Waals surface area contributed by atoms with E-state index in [1.165, 1.54) is 28.4 Å². The Morgan fingerprint density at radius 3 is 2.70 bits per heavy atom. The standard InChI is InChI=1S/C15H15F3N6O3/c1-23-9-10(24(2)14(26)22-11(9)25)21-13(23)20-6-7-27-12-8(15(16,17)18)4-3-5-19-12/h3-5H,6-7H2,1-2H3,(H,20,21)(H,22,25,26). The number of aromatic amines is 1. The van der Waals surface area contributed by atoms with E-state index in [0.29, 0.717) is 0 Å². The SMILES string of the molecule is Cn1c(NCCOc2ncccc2C(F)(F)F)nc2c1c(=O)[nH]c(=O)n2C. The number of alkyl halides is 3. The number of aryl methyl sites for hydroxylation is 2. The van der Waals surface area contributed by atoms with Crippen molar-refractivity contribution in [3.8, 4) is 5.88 Å². The van der Waals surface area contributed by atoms with Crippen molar-refractivity contribution in [2.75, 3.05) is 18.5 Å². The highest BCUT2D eigenvalue weighted by atomic mass is 19.4. The molecule has 3 aromatic rings. The molecule has 0 aliphatic carbocycles. The van der Waals surface area contributed by atoms with Crippen LogP contribution < -0.4 is 21.3 Å². The molecule has 3 rings (SSSR count). The van der Waals surface area contributed by atoms with Crippen LogP contribution in [0.25, 0.3) is 11.2 Å². The molecule has 0 spiro atoms. The van der Waals surface area contributed by atoms with Crippen molar-refractivity contribution in [1.29, 1.82) is 0 Å². The summed E-state index contributed by atoms with van der Waals surface area (Å²) in [4.78, 5) is 33.5. The largest absolute Gasteiger partial charge is 0.475 e. The molecule has 0 atom stereocenters. The van der Waals surface area contributed by atoms with E-state index in [1.807, 2.05) is 0 Å². The summed E-state index contributed by atoms with van der Waals surface area (Å²) in [6.45, 7) is -0.0323. The predicted molar refractivity (Wildman–Crippen MR) is 89.8 cm³/mol. The number of nitrogens with zero attached hydrogens (tertiary/aromatic N) is 4. The van der Waals surface area contributed by atoms with E-state index in [-0.39, 0.29) is 30.3 Å². The number of imidazole rings is 1. The maximum absolute atomic E-state index is 12.9. The number of nitrogens with one attached hydrogen (secondary N) is 2. The summed E-state index contributed by atoms with van der Waals surface area (Å²) >= 11 is 0. The summed E-state index contributed by atoms with van der Waals surface area (Å²) in [6.07, 6.45) is -3.36. The van der Waals surface area contributed by atoms with Gasteiger partial charge in [-0.3, -0.25) is 14.3 Å². The van der Waals surface area contributed by atoms with Gasteiger partial charge in [-0.15, -0.1) is 0 Å². The topological polar surface area (TPSA) is 107 Å². The number of rotatable bonds is 5. The maximum Gasteiger partial charge on any atom is 0.421 e. The molecule has 0 saturated carbocycles. The van der Waals surface area contributed by atoms with Crippen LogP contribution in [0.4, 0.5) is 19.1 Å². The van der Waals surface area contributed by atoms with Crippen LogP contribution >= 0.6 is 0 Å². The Hall–Kier alpha value is -3.31. The van der Waals surface area contributed by atoms with Crippen LogP contribution in [0, 0.1) is 0 Å². The first-order valence-electron chi connectivity index (χ1n) is 7.74. The van der Waals surface area contributed by atoms with Gasteiger partial charge in [-0.25, -0.2) is 9.78 Å². The van der Waals surface area contributed by atoms with Crippen LogP contribution in [-0.2, 0) is 20.3 Å². The molecular formula is C15H15F3N6O3. The van der Waals surface area contributed by atoms with Gasteiger partial charge in [0.2, 0.25) is 11.8 Å². The molecule has 0 radical (unpaired) electrons. The molecule has 0 saturated heterocycles. The first kappa shape index (κ1) is 18.5. The van der Waals surface area contributed by atoms with Crippen LogP contribution in [-0.4, -0.2) is 37.2 Å². The van der Waals surface area contributed by atoms with Crippen LogP contribution in [0.1, 0.15) is 5.56 Å². The first-order chi connectivity index (χ1) is 12.7. The van der Waals surface area contributed by atoms with Crippen molar-refractivity contribution in [1.82, 2.24) is 24.1 Å². The van der Waals surface area contributed by atoms with E-state index in [9.17, 15) is 22.8 Å². The summed E-state index contributed by atoms with van der Waals surface area (Å²) in [7, 11) is 3.03. The number of H-pyrrole nitrogens is 1. The van der Waals surface area contributed by atoms with Crippen molar-refractivity contribution >= 4 is 17.1 Å². The molecule has 9 nitrogen and oxygen atoms in total. The van der Waals surface area contributed by atoms with E-state index in [4.69, 9.17) is 4.74 Å².